The number of hydrogen-bond acceptors (Lipinski definition) is 2. The first-order valence-electron chi connectivity index (χ1n) is 13.8. The van der Waals surface area contributed by atoms with Crippen molar-refractivity contribution in [3.05, 3.63) is 188 Å². The van der Waals surface area contributed by atoms with E-state index in [0.717, 1.165) is 64.6 Å². The van der Waals surface area contributed by atoms with E-state index in [-0.39, 0.29) is 0 Å². The molecule has 0 heterocycles. The number of aliphatic hydroxyl groups is 2. The molecule has 0 amide bonds. The van der Waals surface area contributed by atoms with E-state index >= 15 is 0 Å². The summed E-state index contributed by atoms with van der Waals surface area (Å²) in [4.78, 5) is 0. The van der Waals surface area contributed by atoms with Gasteiger partial charge in [-0.05, 0) is 57.6 Å². The Morgan fingerprint density at radius 2 is 0.690 bits per heavy atom. The molecule has 0 radical (unpaired) electrons. The highest BCUT2D eigenvalue weighted by molar-refractivity contribution is 9.10. The summed E-state index contributed by atoms with van der Waals surface area (Å²) in [6, 6.07) is 48.1. The van der Waals surface area contributed by atoms with E-state index in [1.165, 1.54) is 0 Å². The van der Waals surface area contributed by atoms with Crippen LogP contribution in [0.4, 0.5) is 0 Å². The number of halogens is 2. The molecular weight excluding hydrogens is 648 g/mol. The molecule has 8 rings (SSSR count). The molecule has 204 valence electrons. The van der Waals surface area contributed by atoms with Crippen molar-refractivity contribution in [3.63, 3.8) is 0 Å². The third-order valence-electron chi connectivity index (χ3n) is 8.34. The standard InChI is InChI=1S/2C19H13BrO/c2*20-14-10-11-16-15-8-4-5-9-17(15)19(21,18(16)12-14)13-6-2-1-3-7-13/h2*1-12,21H. The van der Waals surface area contributed by atoms with E-state index < -0.39 is 11.2 Å². The van der Waals surface area contributed by atoms with Gasteiger partial charge in [0, 0.05) is 31.2 Å². The minimum atomic E-state index is -1.09. The molecule has 0 aromatic heterocycles. The molecule has 2 nitrogen and oxygen atoms in total. The van der Waals surface area contributed by atoms with Crippen molar-refractivity contribution in [1.29, 1.82) is 0 Å². The van der Waals surface area contributed by atoms with Crippen molar-refractivity contribution in [2.45, 2.75) is 11.2 Å². The molecule has 2 atom stereocenters. The van der Waals surface area contributed by atoms with Crippen LogP contribution in [0.5, 0.6) is 0 Å². The fourth-order valence-electron chi connectivity index (χ4n) is 6.44. The van der Waals surface area contributed by atoms with E-state index in [9.17, 15) is 10.2 Å². The first-order valence-corrected chi connectivity index (χ1v) is 15.4. The lowest BCUT2D eigenvalue weighted by atomic mass is 9.84. The lowest BCUT2D eigenvalue weighted by molar-refractivity contribution is 0.130. The Morgan fingerprint density at radius 3 is 1.10 bits per heavy atom. The summed E-state index contributed by atoms with van der Waals surface area (Å²) in [5.41, 5.74) is 7.79. The van der Waals surface area contributed by atoms with Crippen LogP contribution in [0.2, 0.25) is 0 Å². The zero-order valence-corrected chi connectivity index (χ0v) is 25.7. The highest BCUT2D eigenvalue weighted by Gasteiger charge is 2.44. The summed E-state index contributed by atoms with van der Waals surface area (Å²) in [6.45, 7) is 0. The molecule has 2 unspecified atom stereocenters. The van der Waals surface area contributed by atoms with E-state index in [0.29, 0.717) is 0 Å². The van der Waals surface area contributed by atoms with Crippen LogP contribution in [0.15, 0.2) is 155 Å². The highest BCUT2D eigenvalue weighted by Crippen LogP contribution is 2.52. The summed E-state index contributed by atoms with van der Waals surface area (Å²) in [5, 5.41) is 23.1. The SMILES string of the molecule is OC1(c2ccccc2)c2ccccc2-c2ccc(Br)cc21.OC1(c2ccccc2)c2ccccc2-c2ccc(Br)cc21. The number of benzene rings is 6. The Balaban J connectivity index is 0.000000137. The maximum Gasteiger partial charge on any atom is 0.141 e. The summed E-state index contributed by atoms with van der Waals surface area (Å²) < 4.78 is 1.95. The van der Waals surface area contributed by atoms with Gasteiger partial charge in [0.05, 0.1) is 0 Å². The van der Waals surface area contributed by atoms with Crippen LogP contribution in [0.3, 0.4) is 0 Å². The maximum absolute atomic E-state index is 11.6. The van der Waals surface area contributed by atoms with Gasteiger partial charge in [0.25, 0.3) is 0 Å². The minimum absolute atomic E-state index is 0.898. The third-order valence-corrected chi connectivity index (χ3v) is 9.33. The number of hydrogen-bond donors (Lipinski definition) is 2. The van der Waals surface area contributed by atoms with Crippen LogP contribution in [-0.2, 0) is 11.2 Å². The highest BCUT2D eigenvalue weighted by atomic mass is 79.9. The average molecular weight is 674 g/mol. The molecule has 2 N–H and O–H groups in total. The molecule has 0 aliphatic heterocycles. The number of fused-ring (bicyclic) bond motifs is 6. The predicted octanol–water partition coefficient (Wildman–Crippen LogP) is 9.43. The fraction of sp³-hybridized carbons (Fsp3) is 0.0526. The van der Waals surface area contributed by atoms with Crippen molar-refractivity contribution < 1.29 is 10.2 Å². The van der Waals surface area contributed by atoms with Crippen LogP contribution < -0.4 is 0 Å². The molecule has 42 heavy (non-hydrogen) atoms. The minimum Gasteiger partial charge on any atom is -0.376 e. The Bertz CT molecular complexity index is 1790. The van der Waals surface area contributed by atoms with Crippen LogP contribution in [-0.4, -0.2) is 10.2 Å². The van der Waals surface area contributed by atoms with E-state index in [1.807, 2.05) is 121 Å². The second-order valence-corrected chi connectivity index (χ2v) is 12.5. The lowest BCUT2D eigenvalue weighted by Crippen LogP contribution is -2.26. The fourth-order valence-corrected chi connectivity index (χ4v) is 7.16. The Hall–Kier alpha value is -3.80. The predicted molar refractivity (Wildman–Crippen MR) is 176 cm³/mol. The quantitative estimate of drug-likeness (QED) is 0.192. The summed E-state index contributed by atoms with van der Waals surface area (Å²) in [7, 11) is 0. The molecule has 0 bridgehead atoms. The van der Waals surface area contributed by atoms with Gasteiger partial charge < -0.3 is 10.2 Å². The molecule has 4 heteroatoms. The Labute approximate surface area is 262 Å². The van der Waals surface area contributed by atoms with E-state index in [1.54, 1.807) is 0 Å². The van der Waals surface area contributed by atoms with Gasteiger partial charge in [-0.2, -0.15) is 0 Å². The normalized spacial score (nSPS) is 19.1. The summed E-state index contributed by atoms with van der Waals surface area (Å²) >= 11 is 7.05. The molecular formula is C38H26Br2O2. The summed E-state index contributed by atoms with van der Waals surface area (Å²) in [5.74, 6) is 0. The second kappa shape index (κ2) is 10.5. The monoisotopic (exact) mass is 672 g/mol. The van der Waals surface area contributed by atoms with Gasteiger partial charge in [-0.25, -0.2) is 0 Å². The van der Waals surface area contributed by atoms with Crippen LogP contribution in [0.25, 0.3) is 22.3 Å². The van der Waals surface area contributed by atoms with Gasteiger partial charge in [-0.15, -0.1) is 0 Å². The van der Waals surface area contributed by atoms with Gasteiger partial charge in [0.2, 0.25) is 0 Å². The Morgan fingerprint density at radius 1 is 0.357 bits per heavy atom. The Kier molecular flexibility index (Phi) is 6.75. The summed E-state index contributed by atoms with van der Waals surface area (Å²) in [6.07, 6.45) is 0. The zero-order valence-electron chi connectivity index (χ0n) is 22.5. The first kappa shape index (κ1) is 27.1. The molecule has 0 saturated heterocycles. The van der Waals surface area contributed by atoms with Gasteiger partial charge in [-0.1, -0.05) is 153 Å². The number of rotatable bonds is 2. The van der Waals surface area contributed by atoms with Gasteiger partial charge in [0.15, 0.2) is 0 Å². The van der Waals surface area contributed by atoms with Gasteiger partial charge >= 0.3 is 0 Å². The largest absolute Gasteiger partial charge is 0.376 e. The van der Waals surface area contributed by atoms with Crippen molar-refractivity contribution in [1.82, 2.24) is 0 Å². The average Bonchev–Trinajstić information content (AvgIpc) is 3.45. The first-order chi connectivity index (χ1) is 20.4. The van der Waals surface area contributed by atoms with E-state index in [4.69, 9.17) is 0 Å². The van der Waals surface area contributed by atoms with Crippen LogP contribution in [0, 0.1) is 0 Å². The zero-order chi connectivity index (χ0) is 28.9. The molecule has 6 aromatic carbocycles. The second-order valence-electron chi connectivity index (χ2n) is 10.6. The van der Waals surface area contributed by atoms with Crippen LogP contribution >= 0.6 is 31.9 Å². The van der Waals surface area contributed by atoms with Crippen molar-refractivity contribution in [2.24, 2.45) is 0 Å². The van der Waals surface area contributed by atoms with Gasteiger partial charge in [-0.3, -0.25) is 0 Å². The van der Waals surface area contributed by atoms with Crippen LogP contribution in [0.1, 0.15) is 33.4 Å². The van der Waals surface area contributed by atoms with Crippen molar-refractivity contribution >= 4 is 31.9 Å². The topological polar surface area (TPSA) is 40.5 Å². The molecule has 0 saturated carbocycles. The van der Waals surface area contributed by atoms with E-state index in [2.05, 4.69) is 56.1 Å². The van der Waals surface area contributed by atoms with Gasteiger partial charge in [0.1, 0.15) is 11.2 Å². The van der Waals surface area contributed by atoms with Crippen molar-refractivity contribution in [3.8, 4) is 22.3 Å². The molecule has 0 spiro atoms. The molecule has 2 aliphatic rings. The smallest absolute Gasteiger partial charge is 0.141 e. The molecule has 6 aromatic rings. The molecule has 0 fully saturated rings. The molecule has 2 aliphatic carbocycles. The lowest BCUT2D eigenvalue weighted by Gasteiger charge is -2.26. The third kappa shape index (κ3) is 4.13. The van der Waals surface area contributed by atoms with Crippen molar-refractivity contribution in [2.75, 3.05) is 0 Å². The maximum atomic E-state index is 11.6.